The van der Waals surface area contributed by atoms with Crippen LogP contribution in [0, 0.1) is 13.8 Å². The van der Waals surface area contributed by atoms with E-state index in [0.717, 1.165) is 17.2 Å². The Morgan fingerprint density at radius 3 is 2.67 bits per heavy atom. The second-order valence-electron chi connectivity index (χ2n) is 3.74. The molecule has 2 aromatic heterocycles. The van der Waals surface area contributed by atoms with Crippen molar-refractivity contribution in [3.05, 3.63) is 27.0 Å². The summed E-state index contributed by atoms with van der Waals surface area (Å²) in [6.45, 7) is 3.62. The van der Waals surface area contributed by atoms with Crippen molar-refractivity contribution < 1.29 is 9.53 Å². The SMILES string of the molecule is Cc1nnsc1C(=O)OCc1c(C)nn(C)c1Cl. The molecule has 2 rings (SSSR count). The quantitative estimate of drug-likeness (QED) is 0.806. The normalized spacial score (nSPS) is 10.7. The van der Waals surface area contributed by atoms with Gasteiger partial charge in [0, 0.05) is 12.6 Å². The maximum Gasteiger partial charge on any atom is 0.352 e. The Kier molecular flexibility index (Phi) is 3.63. The summed E-state index contributed by atoms with van der Waals surface area (Å²) in [6.07, 6.45) is 0. The van der Waals surface area contributed by atoms with E-state index in [2.05, 4.69) is 14.7 Å². The lowest BCUT2D eigenvalue weighted by atomic mass is 10.3. The van der Waals surface area contributed by atoms with E-state index in [0.29, 0.717) is 21.3 Å². The molecule has 0 bridgehead atoms. The van der Waals surface area contributed by atoms with Gasteiger partial charge in [-0.3, -0.25) is 4.68 Å². The number of ether oxygens (including phenoxy) is 1. The molecular weight excluding hydrogens is 276 g/mol. The number of esters is 1. The van der Waals surface area contributed by atoms with E-state index in [1.807, 2.05) is 6.92 Å². The lowest BCUT2D eigenvalue weighted by molar-refractivity contribution is 0.0477. The minimum Gasteiger partial charge on any atom is -0.456 e. The molecular formula is C10H11ClN4O2S. The van der Waals surface area contributed by atoms with Crippen LogP contribution in [0.3, 0.4) is 0 Å². The standard InChI is InChI=1S/C10H11ClN4O2S/c1-5-7(9(11)15(3)13-5)4-17-10(16)8-6(2)12-14-18-8/h4H2,1-3H3. The van der Waals surface area contributed by atoms with E-state index < -0.39 is 5.97 Å². The van der Waals surface area contributed by atoms with Crippen LogP contribution in [-0.4, -0.2) is 25.3 Å². The smallest absolute Gasteiger partial charge is 0.352 e. The fourth-order valence-corrected chi connectivity index (χ4v) is 2.24. The largest absolute Gasteiger partial charge is 0.456 e. The molecule has 0 aliphatic heterocycles. The second kappa shape index (κ2) is 5.03. The predicted octanol–water partition coefficient (Wildman–Crippen LogP) is 1.90. The van der Waals surface area contributed by atoms with Crippen molar-refractivity contribution in [1.29, 1.82) is 0 Å². The molecule has 0 aliphatic carbocycles. The molecule has 0 radical (unpaired) electrons. The summed E-state index contributed by atoms with van der Waals surface area (Å²) < 4.78 is 10.4. The molecule has 6 nitrogen and oxygen atoms in total. The van der Waals surface area contributed by atoms with Crippen molar-refractivity contribution >= 4 is 29.1 Å². The third-order valence-corrected chi connectivity index (χ3v) is 3.74. The Bertz CT molecular complexity index is 593. The van der Waals surface area contributed by atoms with Gasteiger partial charge in [-0.1, -0.05) is 16.1 Å². The summed E-state index contributed by atoms with van der Waals surface area (Å²) in [4.78, 5) is 12.2. The molecule has 0 fully saturated rings. The number of halogens is 1. The molecule has 0 unspecified atom stereocenters. The first-order chi connectivity index (χ1) is 8.50. The molecule has 96 valence electrons. The molecule has 0 spiro atoms. The first-order valence-corrected chi connectivity index (χ1v) is 6.30. The highest BCUT2D eigenvalue weighted by Gasteiger charge is 2.17. The van der Waals surface area contributed by atoms with E-state index in [9.17, 15) is 4.79 Å². The van der Waals surface area contributed by atoms with E-state index in [1.165, 1.54) is 0 Å². The fraction of sp³-hybridized carbons (Fsp3) is 0.400. The lowest BCUT2D eigenvalue weighted by Gasteiger charge is -2.03. The monoisotopic (exact) mass is 286 g/mol. The lowest BCUT2D eigenvalue weighted by Crippen LogP contribution is -2.05. The molecule has 0 N–H and O–H groups in total. The van der Waals surface area contributed by atoms with Crippen LogP contribution in [-0.2, 0) is 18.4 Å². The fourth-order valence-electron chi connectivity index (χ4n) is 1.46. The Balaban J connectivity index is 2.09. The maximum atomic E-state index is 11.8. The van der Waals surface area contributed by atoms with Gasteiger partial charge in [0.05, 0.1) is 11.4 Å². The first kappa shape index (κ1) is 13.0. The number of nitrogens with zero attached hydrogens (tertiary/aromatic N) is 4. The van der Waals surface area contributed by atoms with Crippen LogP contribution in [0.25, 0.3) is 0 Å². The third kappa shape index (κ3) is 2.37. The molecule has 0 saturated heterocycles. The Hall–Kier alpha value is -1.47. The zero-order chi connectivity index (χ0) is 13.3. The van der Waals surface area contributed by atoms with Gasteiger partial charge in [-0.05, 0) is 25.4 Å². The summed E-state index contributed by atoms with van der Waals surface area (Å²) in [7, 11) is 1.73. The van der Waals surface area contributed by atoms with Crippen molar-refractivity contribution in [1.82, 2.24) is 19.4 Å². The Labute approximate surface area is 113 Å². The van der Waals surface area contributed by atoms with Crippen LogP contribution >= 0.6 is 23.1 Å². The second-order valence-corrected chi connectivity index (χ2v) is 4.85. The summed E-state index contributed by atoms with van der Waals surface area (Å²) >= 11 is 7.06. The van der Waals surface area contributed by atoms with Crippen molar-refractivity contribution in [2.75, 3.05) is 0 Å². The third-order valence-electron chi connectivity index (χ3n) is 2.45. The number of carbonyl (C=O) groups excluding carboxylic acids is 1. The van der Waals surface area contributed by atoms with E-state index >= 15 is 0 Å². The average Bonchev–Trinajstić information content (AvgIpc) is 2.83. The molecule has 0 atom stereocenters. The number of aryl methyl sites for hydroxylation is 3. The zero-order valence-electron chi connectivity index (χ0n) is 10.1. The minimum absolute atomic E-state index is 0.0919. The van der Waals surface area contributed by atoms with Gasteiger partial charge in [-0.2, -0.15) is 5.10 Å². The predicted molar refractivity (Wildman–Crippen MR) is 66.7 cm³/mol. The van der Waals surface area contributed by atoms with Crippen LogP contribution in [0.2, 0.25) is 5.15 Å². The number of hydrogen-bond acceptors (Lipinski definition) is 6. The summed E-state index contributed by atoms with van der Waals surface area (Å²) in [5.41, 5.74) is 2.02. The minimum atomic E-state index is -0.443. The highest BCUT2D eigenvalue weighted by Crippen LogP contribution is 2.20. The van der Waals surface area contributed by atoms with Gasteiger partial charge >= 0.3 is 5.97 Å². The maximum absolute atomic E-state index is 11.8. The highest BCUT2D eigenvalue weighted by atomic mass is 35.5. The number of hydrogen-bond donors (Lipinski definition) is 0. The topological polar surface area (TPSA) is 69.9 Å². The van der Waals surface area contributed by atoms with Gasteiger partial charge in [-0.25, -0.2) is 4.79 Å². The number of carbonyl (C=O) groups is 1. The summed E-state index contributed by atoms with van der Waals surface area (Å²) in [6, 6.07) is 0. The van der Waals surface area contributed by atoms with Gasteiger partial charge in [0.15, 0.2) is 4.88 Å². The number of aromatic nitrogens is 4. The first-order valence-electron chi connectivity index (χ1n) is 5.14. The van der Waals surface area contributed by atoms with Crippen LogP contribution < -0.4 is 0 Å². The van der Waals surface area contributed by atoms with Gasteiger partial charge in [0.2, 0.25) is 0 Å². The molecule has 0 aromatic carbocycles. The van der Waals surface area contributed by atoms with Crippen molar-refractivity contribution in [3.8, 4) is 0 Å². The van der Waals surface area contributed by atoms with Gasteiger partial charge in [0.1, 0.15) is 11.8 Å². The molecule has 0 amide bonds. The van der Waals surface area contributed by atoms with Crippen LogP contribution in [0.15, 0.2) is 0 Å². The zero-order valence-corrected chi connectivity index (χ0v) is 11.7. The number of rotatable bonds is 3. The molecule has 0 saturated carbocycles. The van der Waals surface area contributed by atoms with Crippen LogP contribution in [0.1, 0.15) is 26.6 Å². The molecule has 18 heavy (non-hydrogen) atoms. The molecule has 2 heterocycles. The average molecular weight is 287 g/mol. The van der Waals surface area contributed by atoms with E-state index in [4.69, 9.17) is 16.3 Å². The summed E-state index contributed by atoms with van der Waals surface area (Å²) in [5, 5.41) is 8.37. The Morgan fingerprint density at radius 1 is 1.44 bits per heavy atom. The Morgan fingerprint density at radius 2 is 2.17 bits per heavy atom. The van der Waals surface area contributed by atoms with E-state index in [1.54, 1.807) is 18.7 Å². The van der Waals surface area contributed by atoms with Crippen LogP contribution in [0.5, 0.6) is 0 Å². The van der Waals surface area contributed by atoms with Crippen LogP contribution in [0.4, 0.5) is 0 Å². The molecule has 0 aliphatic rings. The van der Waals surface area contributed by atoms with Crippen molar-refractivity contribution in [2.45, 2.75) is 20.5 Å². The van der Waals surface area contributed by atoms with Gasteiger partial charge in [0.25, 0.3) is 0 Å². The van der Waals surface area contributed by atoms with Crippen molar-refractivity contribution in [2.24, 2.45) is 7.05 Å². The van der Waals surface area contributed by atoms with Gasteiger partial charge in [-0.15, -0.1) is 5.10 Å². The van der Waals surface area contributed by atoms with Crippen molar-refractivity contribution in [3.63, 3.8) is 0 Å². The molecule has 2 aromatic rings. The highest BCUT2D eigenvalue weighted by molar-refractivity contribution is 7.07. The van der Waals surface area contributed by atoms with Gasteiger partial charge < -0.3 is 4.74 Å². The molecule has 8 heteroatoms. The van der Waals surface area contributed by atoms with E-state index in [-0.39, 0.29) is 6.61 Å². The summed E-state index contributed by atoms with van der Waals surface area (Å²) in [5.74, 6) is -0.443.